The predicted molar refractivity (Wildman–Crippen MR) is 124 cm³/mol. The van der Waals surface area contributed by atoms with Crippen LogP contribution in [0.2, 0.25) is 5.02 Å². The molecule has 0 bridgehead atoms. The number of rotatable bonds is 5. The molecule has 0 spiro atoms. The Morgan fingerprint density at radius 3 is 2.26 bits per heavy atom. The van der Waals surface area contributed by atoms with Crippen molar-refractivity contribution in [2.45, 2.75) is 31.1 Å². The molecule has 3 aromatic rings. The minimum atomic E-state index is -3.89. The molecule has 0 saturated heterocycles. The summed E-state index contributed by atoms with van der Waals surface area (Å²) in [5, 5.41) is 11.0. The molecule has 0 fully saturated rings. The molecule has 2 aromatic carbocycles. The highest BCUT2D eigenvalue weighted by Crippen LogP contribution is 2.39. The second kappa shape index (κ2) is 8.36. The lowest BCUT2D eigenvalue weighted by Gasteiger charge is -2.19. The van der Waals surface area contributed by atoms with Gasteiger partial charge in [-0.2, -0.15) is 0 Å². The molecule has 0 unspecified atom stereocenters. The van der Waals surface area contributed by atoms with Gasteiger partial charge in [0.15, 0.2) is 11.6 Å². The van der Waals surface area contributed by atoms with Gasteiger partial charge in [0.25, 0.3) is 10.0 Å². The maximum Gasteiger partial charge on any atom is 0.261 e. The van der Waals surface area contributed by atoms with Crippen molar-refractivity contribution in [2.24, 2.45) is 0 Å². The molecular formula is C22H25ClN4O3S. The first-order valence-electron chi connectivity index (χ1n) is 9.55. The monoisotopic (exact) mass is 460 g/mol. The first kappa shape index (κ1) is 22.8. The maximum atomic E-state index is 13.0. The third kappa shape index (κ3) is 4.91. The average Bonchev–Trinajstić information content (AvgIpc) is 2.69. The minimum Gasteiger partial charge on any atom is -0.503 e. The van der Waals surface area contributed by atoms with Gasteiger partial charge in [0.2, 0.25) is 0 Å². The maximum absolute atomic E-state index is 13.0. The van der Waals surface area contributed by atoms with E-state index in [0.29, 0.717) is 16.4 Å². The summed E-state index contributed by atoms with van der Waals surface area (Å²) < 4.78 is 28.7. The Hall–Kier alpha value is -2.84. The lowest BCUT2D eigenvalue weighted by atomic mass is 9.87. The molecule has 0 aliphatic heterocycles. The number of nitrogens with zero attached hydrogens (tertiary/aromatic N) is 3. The van der Waals surface area contributed by atoms with Crippen molar-refractivity contribution < 1.29 is 13.5 Å². The smallest absolute Gasteiger partial charge is 0.261 e. The van der Waals surface area contributed by atoms with Gasteiger partial charge in [-0.1, -0.05) is 44.5 Å². The normalized spacial score (nSPS) is 11.9. The van der Waals surface area contributed by atoms with Gasteiger partial charge in [-0.05, 0) is 41.3 Å². The van der Waals surface area contributed by atoms with Crippen LogP contribution in [0.1, 0.15) is 26.3 Å². The van der Waals surface area contributed by atoms with Gasteiger partial charge < -0.3 is 10.0 Å². The summed E-state index contributed by atoms with van der Waals surface area (Å²) in [4.78, 5) is 9.97. The number of hydrogen-bond donors (Lipinski definition) is 2. The van der Waals surface area contributed by atoms with Gasteiger partial charge in [-0.25, -0.2) is 18.4 Å². The quantitative estimate of drug-likeness (QED) is 0.574. The molecule has 7 nitrogen and oxygen atoms in total. The molecular weight excluding hydrogens is 436 g/mol. The van der Waals surface area contributed by atoms with E-state index in [2.05, 4.69) is 35.5 Å². The third-order valence-electron chi connectivity index (χ3n) is 4.74. The van der Waals surface area contributed by atoms with Crippen molar-refractivity contribution in [3.8, 4) is 17.0 Å². The van der Waals surface area contributed by atoms with Crippen LogP contribution in [0.3, 0.4) is 0 Å². The van der Waals surface area contributed by atoms with Gasteiger partial charge >= 0.3 is 0 Å². The van der Waals surface area contributed by atoms with E-state index >= 15 is 0 Å². The highest BCUT2D eigenvalue weighted by molar-refractivity contribution is 7.92. The van der Waals surface area contributed by atoms with Crippen molar-refractivity contribution in [1.29, 1.82) is 0 Å². The molecule has 3 rings (SSSR count). The molecule has 0 aliphatic rings. The summed E-state index contributed by atoms with van der Waals surface area (Å²) in [6.07, 6.45) is 1.30. The fraction of sp³-hybridized carbons (Fsp3) is 0.273. The first-order valence-corrected chi connectivity index (χ1v) is 11.4. The van der Waals surface area contributed by atoms with E-state index in [1.807, 2.05) is 0 Å². The molecule has 2 N–H and O–H groups in total. The molecule has 31 heavy (non-hydrogen) atoms. The van der Waals surface area contributed by atoms with Gasteiger partial charge in [0.05, 0.1) is 10.6 Å². The lowest BCUT2D eigenvalue weighted by Crippen LogP contribution is -2.15. The van der Waals surface area contributed by atoms with Crippen molar-refractivity contribution >= 4 is 33.1 Å². The summed E-state index contributed by atoms with van der Waals surface area (Å²) in [5.41, 5.74) is 1.68. The summed E-state index contributed by atoms with van der Waals surface area (Å²) in [6, 6.07) is 11.4. The fourth-order valence-electron chi connectivity index (χ4n) is 3.03. The van der Waals surface area contributed by atoms with E-state index in [-0.39, 0.29) is 27.4 Å². The number of sulfonamides is 1. The molecule has 0 radical (unpaired) electrons. The highest BCUT2D eigenvalue weighted by Gasteiger charge is 2.22. The van der Waals surface area contributed by atoms with Crippen LogP contribution in [-0.2, 0) is 15.4 Å². The number of benzene rings is 2. The Kier molecular flexibility index (Phi) is 6.16. The molecule has 1 heterocycles. The zero-order chi connectivity index (χ0) is 23.0. The lowest BCUT2D eigenvalue weighted by molar-refractivity contribution is 0.472. The third-order valence-corrected chi connectivity index (χ3v) is 6.35. The van der Waals surface area contributed by atoms with E-state index < -0.39 is 10.0 Å². The second-order valence-electron chi connectivity index (χ2n) is 8.36. The van der Waals surface area contributed by atoms with Crippen LogP contribution in [0.25, 0.3) is 11.3 Å². The van der Waals surface area contributed by atoms with Crippen LogP contribution in [-0.4, -0.2) is 37.6 Å². The number of hydrogen-bond acceptors (Lipinski definition) is 6. The fourth-order valence-corrected chi connectivity index (χ4v) is 4.28. The molecule has 0 saturated carbocycles. The number of anilines is 2. The summed E-state index contributed by atoms with van der Waals surface area (Å²) in [5.74, 6) is 0.126. The van der Waals surface area contributed by atoms with Crippen LogP contribution in [0, 0.1) is 0 Å². The van der Waals surface area contributed by atoms with E-state index in [1.54, 1.807) is 55.4 Å². The van der Waals surface area contributed by atoms with Crippen LogP contribution >= 0.6 is 11.6 Å². The van der Waals surface area contributed by atoms with E-state index in [0.717, 1.165) is 5.56 Å². The number of halogens is 1. The Morgan fingerprint density at radius 2 is 1.68 bits per heavy atom. The first-order chi connectivity index (χ1) is 14.4. The largest absolute Gasteiger partial charge is 0.503 e. The Morgan fingerprint density at radius 1 is 1.03 bits per heavy atom. The Balaban J connectivity index is 2.05. The van der Waals surface area contributed by atoms with Gasteiger partial charge in [0.1, 0.15) is 12.0 Å². The zero-order valence-electron chi connectivity index (χ0n) is 18.0. The van der Waals surface area contributed by atoms with Crippen molar-refractivity contribution in [3.05, 3.63) is 59.4 Å². The zero-order valence-corrected chi connectivity index (χ0v) is 19.6. The topological polar surface area (TPSA) is 95.4 Å². The molecule has 0 atom stereocenters. The van der Waals surface area contributed by atoms with Gasteiger partial charge in [-0.3, -0.25) is 4.72 Å². The van der Waals surface area contributed by atoms with E-state index in [9.17, 15) is 13.5 Å². The number of aromatic nitrogens is 2. The molecule has 1 aromatic heterocycles. The van der Waals surface area contributed by atoms with E-state index in [1.165, 1.54) is 12.4 Å². The van der Waals surface area contributed by atoms with Crippen LogP contribution in [0.5, 0.6) is 5.75 Å². The second-order valence-corrected chi connectivity index (χ2v) is 10.5. The van der Waals surface area contributed by atoms with Crippen LogP contribution in [0.15, 0.2) is 53.7 Å². The van der Waals surface area contributed by atoms with Crippen LogP contribution in [0.4, 0.5) is 11.5 Å². The number of nitrogens with one attached hydrogen (secondary N) is 1. The Bertz CT molecular complexity index is 1200. The van der Waals surface area contributed by atoms with Gasteiger partial charge in [-0.15, -0.1) is 0 Å². The van der Waals surface area contributed by atoms with E-state index in [4.69, 9.17) is 11.6 Å². The predicted octanol–water partition coefficient (Wildman–Crippen LogP) is 4.67. The van der Waals surface area contributed by atoms with Gasteiger partial charge in [0, 0.05) is 24.7 Å². The molecule has 164 valence electrons. The number of aromatic hydroxyl groups is 1. The summed E-state index contributed by atoms with van der Waals surface area (Å²) in [6.45, 7) is 6.18. The molecule has 0 aliphatic carbocycles. The van der Waals surface area contributed by atoms with Crippen LogP contribution < -0.4 is 9.62 Å². The summed E-state index contributed by atoms with van der Waals surface area (Å²) in [7, 11) is -0.425. The van der Waals surface area contributed by atoms with Crippen molar-refractivity contribution in [3.63, 3.8) is 0 Å². The minimum absolute atomic E-state index is 0.0895. The Labute approximate surface area is 187 Å². The van der Waals surface area contributed by atoms with Crippen molar-refractivity contribution in [1.82, 2.24) is 9.97 Å². The summed E-state index contributed by atoms with van der Waals surface area (Å²) >= 11 is 6.16. The standard InChI is InChI=1S/C22H25ClN4O3S/c1-22(2,3)14-6-9-16(10-7-14)31(29,30)26-18-11-8-15(23)12-17(18)19-20(28)21(27(4)5)25-13-24-19/h6-13,26,28H,1-5H3. The molecule has 9 heteroatoms. The highest BCUT2D eigenvalue weighted by atomic mass is 35.5. The van der Waals surface area contributed by atoms with Crippen molar-refractivity contribution in [2.75, 3.05) is 23.7 Å². The SMILES string of the molecule is CN(C)c1ncnc(-c2cc(Cl)ccc2NS(=O)(=O)c2ccc(C(C)(C)C)cc2)c1O. The molecule has 0 amide bonds. The average molecular weight is 461 g/mol.